The van der Waals surface area contributed by atoms with Gasteiger partial charge in [0.2, 0.25) is 0 Å². The number of hydrogen-bond acceptors (Lipinski definition) is 1. The van der Waals surface area contributed by atoms with Crippen LogP contribution < -0.4 is 0 Å². The molecule has 1 rings (SSSR count). The summed E-state index contributed by atoms with van der Waals surface area (Å²) in [7, 11) is 0. The lowest BCUT2D eigenvalue weighted by molar-refractivity contribution is -0.121. The molecule has 0 bridgehead atoms. The first-order valence-corrected chi connectivity index (χ1v) is 5.72. The van der Waals surface area contributed by atoms with Gasteiger partial charge in [0.25, 0.3) is 0 Å². The van der Waals surface area contributed by atoms with Gasteiger partial charge in [0.1, 0.15) is 0 Å². The molecule has 0 heterocycles. The molecule has 15 heavy (non-hydrogen) atoms. The van der Waals surface area contributed by atoms with Crippen molar-refractivity contribution in [2.24, 2.45) is 17.3 Å². The molecule has 0 spiro atoms. The number of carbonyl (C=O) groups is 1. The number of allylic oxidation sites excluding steroid dienone is 3. The fraction of sp³-hybridized carbons (Fsp3) is 0.643. The maximum absolute atomic E-state index is 12.0. The minimum Gasteiger partial charge on any atom is -0.294 e. The van der Waals surface area contributed by atoms with Gasteiger partial charge in [-0.15, -0.1) is 0 Å². The molecule has 84 valence electrons. The predicted octanol–water partition coefficient (Wildman–Crippen LogP) is 3.76. The Kier molecular flexibility index (Phi) is 3.54. The van der Waals surface area contributed by atoms with E-state index in [1.807, 2.05) is 13.0 Å². The van der Waals surface area contributed by atoms with E-state index in [2.05, 4.69) is 27.4 Å². The van der Waals surface area contributed by atoms with Crippen LogP contribution in [0.3, 0.4) is 0 Å². The van der Waals surface area contributed by atoms with Gasteiger partial charge < -0.3 is 0 Å². The number of hydrogen-bond donors (Lipinski definition) is 0. The molecule has 0 saturated heterocycles. The summed E-state index contributed by atoms with van der Waals surface area (Å²) in [5.41, 5.74) is 1.17. The molecule has 0 radical (unpaired) electrons. The van der Waals surface area contributed by atoms with Crippen LogP contribution >= 0.6 is 0 Å². The molecule has 0 aromatic carbocycles. The van der Waals surface area contributed by atoms with E-state index in [4.69, 9.17) is 0 Å². The van der Waals surface area contributed by atoms with Crippen molar-refractivity contribution >= 4 is 5.78 Å². The van der Waals surface area contributed by atoms with Crippen LogP contribution in [-0.2, 0) is 4.79 Å². The average molecular weight is 206 g/mol. The van der Waals surface area contributed by atoms with Crippen molar-refractivity contribution in [3.8, 4) is 0 Å². The highest BCUT2D eigenvalue weighted by Gasteiger charge is 2.40. The summed E-state index contributed by atoms with van der Waals surface area (Å²) in [5.74, 6) is 0.895. The van der Waals surface area contributed by atoms with Crippen LogP contribution in [0.1, 0.15) is 40.5 Å². The SMILES string of the molecule is C=C1CC(C)CC(C)(C)C1C(=O)/C=C/C. The van der Waals surface area contributed by atoms with Gasteiger partial charge in [-0.1, -0.05) is 39.0 Å². The van der Waals surface area contributed by atoms with Crippen LogP contribution in [-0.4, -0.2) is 5.78 Å². The number of rotatable bonds is 2. The van der Waals surface area contributed by atoms with Crippen molar-refractivity contribution < 1.29 is 4.79 Å². The highest BCUT2D eigenvalue weighted by atomic mass is 16.1. The van der Waals surface area contributed by atoms with Crippen molar-refractivity contribution in [1.29, 1.82) is 0 Å². The first-order chi connectivity index (χ1) is 6.88. The normalized spacial score (nSPS) is 30.8. The number of ketones is 1. The molecule has 0 N–H and O–H groups in total. The lowest BCUT2D eigenvalue weighted by Gasteiger charge is -2.41. The van der Waals surface area contributed by atoms with Gasteiger partial charge in [-0.05, 0) is 37.2 Å². The molecule has 0 aromatic rings. The number of carbonyl (C=O) groups excluding carboxylic acids is 1. The van der Waals surface area contributed by atoms with Crippen LogP contribution in [0.25, 0.3) is 0 Å². The summed E-state index contributed by atoms with van der Waals surface area (Å²) in [4.78, 5) is 12.0. The van der Waals surface area contributed by atoms with Crippen LogP contribution in [0.2, 0.25) is 0 Å². The molecule has 1 aliphatic rings. The zero-order valence-corrected chi connectivity index (χ0v) is 10.3. The van der Waals surface area contributed by atoms with Gasteiger partial charge in [0.15, 0.2) is 5.78 Å². The van der Waals surface area contributed by atoms with E-state index in [9.17, 15) is 4.79 Å². The van der Waals surface area contributed by atoms with E-state index in [0.717, 1.165) is 18.4 Å². The Morgan fingerprint density at radius 3 is 2.60 bits per heavy atom. The molecule has 0 aliphatic heterocycles. The third kappa shape index (κ3) is 2.58. The monoisotopic (exact) mass is 206 g/mol. The maximum atomic E-state index is 12.0. The third-order valence-corrected chi connectivity index (χ3v) is 3.29. The summed E-state index contributed by atoms with van der Waals surface area (Å²) in [5, 5.41) is 0. The summed E-state index contributed by atoms with van der Waals surface area (Å²) < 4.78 is 0. The lowest BCUT2D eigenvalue weighted by Crippen LogP contribution is -2.37. The molecule has 1 aliphatic carbocycles. The first-order valence-electron chi connectivity index (χ1n) is 5.72. The third-order valence-electron chi connectivity index (χ3n) is 3.29. The van der Waals surface area contributed by atoms with Gasteiger partial charge in [-0.2, -0.15) is 0 Å². The van der Waals surface area contributed by atoms with Crippen molar-refractivity contribution in [2.75, 3.05) is 0 Å². The maximum Gasteiger partial charge on any atom is 0.162 e. The molecule has 1 fully saturated rings. The second kappa shape index (κ2) is 4.34. The van der Waals surface area contributed by atoms with Crippen LogP contribution in [0.15, 0.2) is 24.3 Å². The van der Waals surface area contributed by atoms with Crippen LogP contribution in [0.4, 0.5) is 0 Å². The first kappa shape index (κ1) is 12.2. The Morgan fingerprint density at radius 1 is 1.53 bits per heavy atom. The second-order valence-corrected chi connectivity index (χ2v) is 5.50. The minimum absolute atomic E-state index is 0.0184. The van der Waals surface area contributed by atoms with E-state index in [1.165, 1.54) is 0 Å². The Balaban J connectivity index is 2.94. The highest BCUT2D eigenvalue weighted by molar-refractivity contribution is 5.94. The highest BCUT2D eigenvalue weighted by Crippen LogP contribution is 2.46. The molecule has 0 amide bonds. The smallest absolute Gasteiger partial charge is 0.162 e. The van der Waals surface area contributed by atoms with E-state index in [1.54, 1.807) is 6.08 Å². The van der Waals surface area contributed by atoms with E-state index in [0.29, 0.717) is 5.92 Å². The predicted molar refractivity (Wildman–Crippen MR) is 64.6 cm³/mol. The summed E-state index contributed by atoms with van der Waals surface area (Å²) >= 11 is 0. The molecule has 2 atom stereocenters. The van der Waals surface area contributed by atoms with E-state index in [-0.39, 0.29) is 17.1 Å². The Hall–Kier alpha value is -0.850. The molecular weight excluding hydrogens is 184 g/mol. The van der Waals surface area contributed by atoms with Gasteiger partial charge in [-0.25, -0.2) is 0 Å². The molecule has 1 nitrogen and oxygen atoms in total. The summed E-state index contributed by atoms with van der Waals surface area (Å²) in [6.07, 6.45) is 5.62. The largest absolute Gasteiger partial charge is 0.294 e. The summed E-state index contributed by atoms with van der Waals surface area (Å²) in [6, 6.07) is 0. The Bertz CT molecular complexity index is 296. The van der Waals surface area contributed by atoms with Crippen molar-refractivity contribution in [3.63, 3.8) is 0 Å². The quantitative estimate of drug-likeness (QED) is 0.496. The minimum atomic E-state index is 0.0184. The fourth-order valence-corrected chi connectivity index (χ4v) is 3.05. The van der Waals surface area contributed by atoms with Crippen molar-refractivity contribution in [1.82, 2.24) is 0 Å². The van der Waals surface area contributed by atoms with Gasteiger partial charge >= 0.3 is 0 Å². The molecule has 1 heteroatoms. The van der Waals surface area contributed by atoms with Crippen LogP contribution in [0.5, 0.6) is 0 Å². The zero-order valence-electron chi connectivity index (χ0n) is 10.3. The molecular formula is C14H22O. The molecule has 0 aromatic heterocycles. The Labute approximate surface area is 93.3 Å². The van der Waals surface area contributed by atoms with Gasteiger partial charge in [0, 0.05) is 5.92 Å². The second-order valence-electron chi connectivity index (χ2n) is 5.50. The molecule has 2 unspecified atom stereocenters. The lowest BCUT2D eigenvalue weighted by atomic mass is 9.62. The van der Waals surface area contributed by atoms with Gasteiger partial charge in [-0.3, -0.25) is 4.79 Å². The van der Waals surface area contributed by atoms with Gasteiger partial charge in [0.05, 0.1) is 0 Å². The average Bonchev–Trinajstić information content (AvgIpc) is 1.99. The standard InChI is InChI=1S/C14H22O/c1-6-7-12(15)13-11(3)8-10(2)9-14(13,4)5/h6-7,10,13H,3,8-9H2,1-2,4-5H3/b7-6+. The van der Waals surface area contributed by atoms with Crippen LogP contribution in [0, 0.1) is 17.3 Å². The van der Waals surface area contributed by atoms with Crippen molar-refractivity contribution in [2.45, 2.75) is 40.5 Å². The Morgan fingerprint density at radius 2 is 2.13 bits per heavy atom. The molecule has 1 saturated carbocycles. The topological polar surface area (TPSA) is 17.1 Å². The van der Waals surface area contributed by atoms with E-state index < -0.39 is 0 Å². The summed E-state index contributed by atoms with van der Waals surface area (Å²) in [6.45, 7) is 12.6. The zero-order chi connectivity index (χ0) is 11.6. The van der Waals surface area contributed by atoms with E-state index >= 15 is 0 Å². The fourth-order valence-electron chi connectivity index (χ4n) is 3.05. The van der Waals surface area contributed by atoms with Crippen molar-refractivity contribution in [3.05, 3.63) is 24.3 Å².